The molecule has 0 saturated heterocycles. The summed E-state index contributed by atoms with van der Waals surface area (Å²) in [6.45, 7) is 2.11. The van der Waals surface area contributed by atoms with Gasteiger partial charge in [0.1, 0.15) is 0 Å². The van der Waals surface area contributed by atoms with E-state index in [0.717, 1.165) is 16.6 Å². The number of rotatable bonds is 5. The van der Waals surface area contributed by atoms with E-state index in [1.807, 2.05) is 35.8 Å². The Bertz CT molecular complexity index is 720. The van der Waals surface area contributed by atoms with E-state index in [-0.39, 0.29) is 0 Å². The molecule has 0 spiro atoms. The summed E-state index contributed by atoms with van der Waals surface area (Å²) in [6.07, 6.45) is 2.00. The van der Waals surface area contributed by atoms with Crippen LogP contribution in [0.3, 0.4) is 0 Å². The average Bonchev–Trinajstić information content (AvgIpc) is 2.93. The fraction of sp³-hybridized carbons (Fsp3) is 0.250. The van der Waals surface area contributed by atoms with Crippen LogP contribution in [0.1, 0.15) is 17.2 Å². The number of pyridine rings is 1. The quantitative estimate of drug-likeness (QED) is 0.735. The zero-order valence-electron chi connectivity index (χ0n) is 12.2. The third-order valence-corrected chi connectivity index (χ3v) is 4.53. The second-order valence-corrected chi connectivity index (χ2v) is 5.96. The van der Waals surface area contributed by atoms with Gasteiger partial charge in [0.05, 0.1) is 0 Å². The Balaban J connectivity index is 1.74. The van der Waals surface area contributed by atoms with Crippen molar-refractivity contribution in [3.63, 3.8) is 0 Å². The Morgan fingerprint density at radius 2 is 1.95 bits per heavy atom. The first-order valence-corrected chi connectivity index (χ1v) is 7.93. The normalized spacial score (nSPS) is 12.7. The molecule has 1 aromatic carbocycles. The maximum absolute atomic E-state index is 4.26. The van der Waals surface area contributed by atoms with E-state index in [1.54, 1.807) is 11.8 Å². The first-order chi connectivity index (χ1) is 10.3. The highest BCUT2D eigenvalue weighted by Crippen LogP contribution is 2.24. The van der Waals surface area contributed by atoms with Crippen molar-refractivity contribution in [3.05, 3.63) is 59.8 Å². The lowest BCUT2D eigenvalue weighted by molar-refractivity contribution is 0.660. The van der Waals surface area contributed by atoms with Crippen LogP contribution in [0.15, 0.2) is 53.8 Å². The molecule has 1 unspecified atom stereocenters. The number of hydrogen-bond donors (Lipinski definition) is 1. The second kappa shape index (κ2) is 6.28. The minimum Gasteiger partial charge on any atom is -0.312 e. The summed E-state index contributed by atoms with van der Waals surface area (Å²) in [5, 5.41) is 12.7. The minimum absolute atomic E-state index is 0.298. The van der Waals surface area contributed by atoms with E-state index in [4.69, 9.17) is 0 Å². The highest BCUT2D eigenvalue weighted by Gasteiger charge is 2.12. The molecule has 0 aliphatic rings. The van der Waals surface area contributed by atoms with Gasteiger partial charge in [0.2, 0.25) is 0 Å². The minimum atomic E-state index is 0.298. The van der Waals surface area contributed by atoms with Gasteiger partial charge in [0.25, 0.3) is 0 Å². The molecule has 4 nitrogen and oxygen atoms in total. The number of aryl methyl sites for hydroxylation is 1. The lowest BCUT2D eigenvalue weighted by atomic mass is 10.1. The number of nitrogens with one attached hydrogen (secondary N) is 1. The molecule has 0 aliphatic heterocycles. The van der Waals surface area contributed by atoms with E-state index in [9.17, 15) is 0 Å². The van der Waals surface area contributed by atoms with Crippen molar-refractivity contribution in [2.24, 2.45) is 0 Å². The Morgan fingerprint density at radius 1 is 1.14 bits per heavy atom. The maximum atomic E-state index is 4.26. The van der Waals surface area contributed by atoms with Crippen molar-refractivity contribution < 1.29 is 0 Å². The third kappa shape index (κ3) is 3.09. The Hall–Kier alpha value is -1.85. The lowest BCUT2D eigenvalue weighted by Crippen LogP contribution is -2.18. The van der Waals surface area contributed by atoms with E-state index in [0.29, 0.717) is 6.04 Å². The van der Waals surface area contributed by atoms with Gasteiger partial charge in [-0.05, 0) is 31.7 Å². The van der Waals surface area contributed by atoms with Gasteiger partial charge in [-0.25, -0.2) is 0 Å². The van der Waals surface area contributed by atoms with E-state index < -0.39 is 0 Å². The predicted octanol–water partition coefficient (Wildman–Crippen LogP) is 3.09. The van der Waals surface area contributed by atoms with Gasteiger partial charge >= 0.3 is 0 Å². The fourth-order valence-electron chi connectivity index (χ4n) is 2.22. The van der Waals surface area contributed by atoms with Gasteiger partial charge in [-0.15, -0.1) is 10.2 Å². The smallest absolute Gasteiger partial charge is 0.195 e. The molecular weight excluding hydrogens is 280 g/mol. The molecule has 1 atom stereocenters. The van der Waals surface area contributed by atoms with Crippen LogP contribution in [0.4, 0.5) is 0 Å². The summed E-state index contributed by atoms with van der Waals surface area (Å²) >= 11 is 1.72. The van der Waals surface area contributed by atoms with E-state index in [2.05, 4.69) is 46.7 Å². The summed E-state index contributed by atoms with van der Waals surface area (Å²) < 4.78 is 2.02. The van der Waals surface area contributed by atoms with E-state index in [1.165, 1.54) is 11.1 Å². The molecule has 0 saturated carbocycles. The molecule has 2 heterocycles. The number of aromatic nitrogens is 3. The summed E-state index contributed by atoms with van der Waals surface area (Å²) in [4.78, 5) is 0. The lowest BCUT2D eigenvalue weighted by Gasteiger charge is -2.15. The number of thioether (sulfide) groups is 1. The van der Waals surface area contributed by atoms with Crippen molar-refractivity contribution in [3.8, 4) is 0 Å². The Labute approximate surface area is 128 Å². The van der Waals surface area contributed by atoms with Gasteiger partial charge in [-0.1, -0.05) is 47.7 Å². The topological polar surface area (TPSA) is 42.2 Å². The van der Waals surface area contributed by atoms with Gasteiger partial charge in [-0.2, -0.15) is 0 Å². The van der Waals surface area contributed by atoms with Crippen LogP contribution in [0.25, 0.3) is 5.65 Å². The van der Waals surface area contributed by atoms with Crippen molar-refractivity contribution in [1.29, 1.82) is 0 Å². The first kappa shape index (κ1) is 14.1. The average molecular weight is 298 g/mol. The van der Waals surface area contributed by atoms with Crippen LogP contribution in [0.2, 0.25) is 0 Å². The van der Waals surface area contributed by atoms with Gasteiger partial charge in [0.15, 0.2) is 10.8 Å². The van der Waals surface area contributed by atoms with Gasteiger partial charge < -0.3 is 5.32 Å². The number of fused-ring (bicyclic) bond motifs is 1. The molecule has 1 N–H and O–H groups in total. The van der Waals surface area contributed by atoms with Crippen LogP contribution in [-0.2, 0) is 0 Å². The zero-order chi connectivity index (χ0) is 14.7. The number of hydrogen-bond acceptors (Lipinski definition) is 4. The molecule has 2 aromatic heterocycles. The van der Waals surface area contributed by atoms with Gasteiger partial charge in [-0.3, -0.25) is 4.40 Å². The highest BCUT2D eigenvalue weighted by molar-refractivity contribution is 7.99. The van der Waals surface area contributed by atoms with Gasteiger partial charge in [0, 0.05) is 18.0 Å². The summed E-state index contributed by atoms with van der Waals surface area (Å²) in [5.74, 6) is 0.912. The molecule has 108 valence electrons. The molecule has 5 heteroatoms. The van der Waals surface area contributed by atoms with Crippen molar-refractivity contribution >= 4 is 17.4 Å². The predicted molar refractivity (Wildman–Crippen MR) is 86.7 cm³/mol. The summed E-state index contributed by atoms with van der Waals surface area (Å²) in [6, 6.07) is 14.9. The standard InChI is InChI=1S/C16H18N4S/c1-12-6-8-13(9-7-12)14(17-2)11-21-16-19-18-15-5-3-4-10-20(15)16/h3-10,14,17H,11H2,1-2H3. The monoisotopic (exact) mass is 298 g/mol. The van der Waals surface area contributed by atoms with E-state index >= 15 is 0 Å². The third-order valence-electron chi connectivity index (χ3n) is 3.49. The Kier molecular flexibility index (Phi) is 4.22. The summed E-state index contributed by atoms with van der Waals surface area (Å²) in [7, 11) is 1.99. The van der Waals surface area contributed by atoms with Crippen molar-refractivity contribution in [2.75, 3.05) is 12.8 Å². The van der Waals surface area contributed by atoms with Crippen LogP contribution < -0.4 is 5.32 Å². The molecule has 0 bridgehead atoms. The van der Waals surface area contributed by atoms with Crippen molar-refractivity contribution in [2.45, 2.75) is 18.1 Å². The second-order valence-electron chi connectivity index (χ2n) is 4.97. The fourth-order valence-corrected chi connectivity index (χ4v) is 3.29. The summed E-state index contributed by atoms with van der Waals surface area (Å²) in [5.41, 5.74) is 3.46. The Morgan fingerprint density at radius 3 is 2.71 bits per heavy atom. The van der Waals surface area contributed by atoms with Crippen LogP contribution in [0, 0.1) is 6.92 Å². The number of benzene rings is 1. The molecule has 0 fully saturated rings. The van der Waals surface area contributed by atoms with Crippen LogP contribution in [-0.4, -0.2) is 27.4 Å². The molecule has 3 aromatic rings. The van der Waals surface area contributed by atoms with Crippen LogP contribution in [0.5, 0.6) is 0 Å². The van der Waals surface area contributed by atoms with Crippen LogP contribution >= 0.6 is 11.8 Å². The first-order valence-electron chi connectivity index (χ1n) is 6.94. The zero-order valence-corrected chi connectivity index (χ0v) is 13.0. The molecule has 3 rings (SSSR count). The number of nitrogens with zero attached hydrogens (tertiary/aromatic N) is 3. The maximum Gasteiger partial charge on any atom is 0.195 e. The molecule has 0 radical (unpaired) electrons. The molecular formula is C16H18N4S. The SMILES string of the molecule is CNC(CSc1nnc2ccccn12)c1ccc(C)cc1. The molecule has 21 heavy (non-hydrogen) atoms. The largest absolute Gasteiger partial charge is 0.312 e. The molecule has 0 amide bonds. The van der Waals surface area contributed by atoms with Crippen molar-refractivity contribution in [1.82, 2.24) is 19.9 Å². The highest BCUT2D eigenvalue weighted by atomic mass is 32.2. The molecule has 0 aliphatic carbocycles.